The first-order valence-electron chi connectivity index (χ1n) is 10.5. The minimum atomic E-state index is -0.699. The molecule has 2 aliphatic heterocycles. The molecule has 2 aromatic carbocycles. The topological polar surface area (TPSA) is 79.3 Å². The van der Waals surface area contributed by atoms with Gasteiger partial charge in [0.15, 0.2) is 0 Å². The van der Waals surface area contributed by atoms with Crippen molar-refractivity contribution in [1.29, 1.82) is 0 Å². The van der Waals surface area contributed by atoms with Crippen LogP contribution in [0.25, 0.3) is 5.76 Å². The number of ether oxygens (including phenoxy) is 2. The molecule has 8 heteroatoms. The molecule has 0 aromatic heterocycles. The van der Waals surface area contributed by atoms with E-state index in [2.05, 4.69) is 4.90 Å². The van der Waals surface area contributed by atoms with Crippen LogP contribution in [0.4, 0.5) is 0 Å². The molecule has 7 nitrogen and oxygen atoms in total. The van der Waals surface area contributed by atoms with Gasteiger partial charge in [-0.15, -0.1) is 0 Å². The fraction of sp³-hybridized carbons (Fsp3) is 0.333. The molecule has 2 saturated heterocycles. The normalized spacial score (nSPS) is 21.2. The number of methoxy groups -OCH3 is 1. The molecule has 0 spiro atoms. The SMILES string of the molecule is COc1ccc(C(O)=C2C(=O)C(=O)N(CCN3CCOCC3)C2c2ccc(Cl)cc2)cc1. The van der Waals surface area contributed by atoms with Crippen molar-refractivity contribution in [3.63, 3.8) is 0 Å². The van der Waals surface area contributed by atoms with Crippen LogP contribution in [0, 0.1) is 0 Å². The third-order valence-corrected chi connectivity index (χ3v) is 6.10. The number of nitrogens with zero attached hydrogens (tertiary/aromatic N) is 2. The first-order chi connectivity index (χ1) is 15.5. The number of carbonyl (C=O) groups excluding carboxylic acids is 2. The fourth-order valence-corrected chi connectivity index (χ4v) is 4.21. The van der Waals surface area contributed by atoms with Crippen molar-refractivity contribution in [3.05, 3.63) is 70.3 Å². The highest BCUT2D eigenvalue weighted by atomic mass is 35.5. The Labute approximate surface area is 191 Å². The highest BCUT2D eigenvalue weighted by molar-refractivity contribution is 6.46. The maximum atomic E-state index is 13.1. The van der Waals surface area contributed by atoms with E-state index >= 15 is 0 Å². The van der Waals surface area contributed by atoms with E-state index in [-0.39, 0.29) is 11.3 Å². The summed E-state index contributed by atoms with van der Waals surface area (Å²) in [5.74, 6) is -0.893. The number of likely N-dealkylation sites (tertiary alicyclic amines) is 1. The number of hydrogen-bond donors (Lipinski definition) is 1. The van der Waals surface area contributed by atoms with Gasteiger partial charge >= 0.3 is 0 Å². The second-order valence-electron chi connectivity index (χ2n) is 7.73. The summed E-state index contributed by atoms with van der Waals surface area (Å²) in [6.07, 6.45) is 0. The van der Waals surface area contributed by atoms with Crippen molar-refractivity contribution >= 4 is 29.1 Å². The van der Waals surface area contributed by atoms with Crippen LogP contribution in [-0.2, 0) is 14.3 Å². The van der Waals surface area contributed by atoms with Crippen molar-refractivity contribution < 1.29 is 24.2 Å². The second-order valence-corrected chi connectivity index (χ2v) is 8.16. The first-order valence-corrected chi connectivity index (χ1v) is 10.9. The summed E-state index contributed by atoms with van der Waals surface area (Å²) in [7, 11) is 1.55. The predicted octanol–water partition coefficient (Wildman–Crippen LogP) is 3.10. The molecular formula is C24H25ClN2O5. The molecule has 0 aliphatic carbocycles. The number of ketones is 1. The zero-order valence-electron chi connectivity index (χ0n) is 17.8. The highest BCUT2D eigenvalue weighted by Gasteiger charge is 2.46. The van der Waals surface area contributed by atoms with Crippen LogP contribution in [-0.4, -0.2) is 73.1 Å². The zero-order valence-corrected chi connectivity index (χ0v) is 18.5. The number of rotatable bonds is 6. The van der Waals surface area contributed by atoms with Crippen LogP contribution in [0.2, 0.25) is 5.02 Å². The van der Waals surface area contributed by atoms with Crippen molar-refractivity contribution in [1.82, 2.24) is 9.80 Å². The van der Waals surface area contributed by atoms with Gasteiger partial charge in [0.2, 0.25) is 0 Å². The van der Waals surface area contributed by atoms with Crippen LogP contribution in [0.15, 0.2) is 54.1 Å². The molecule has 2 heterocycles. The van der Waals surface area contributed by atoms with Gasteiger partial charge in [-0.05, 0) is 42.0 Å². The summed E-state index contributed by atoms with van der Waals surface area (Å²) >= 11 is 6.06. The van der Waals surface area contributed by atoms with E-state index in [0.29, 0.717) is 48.2 Å². The summed E-state index contributed by atoms with van der Waals surface area (Å²) < 4.78 is 10.6. The Morgan fingerprint density at radius 2 is 1.72 bits per heavy atom. The lowest BCUT2D eigenvalue weighted by Crippen LogP contribution is -2.42. The van der Waals surface area contributed by atoms with Gasteiger partial charge in [-0.25, -0.2) is 0 Å². The van der Waals surface area contributed by atoms with Crippen LogP contribution < -0.4 is 4.74 Å². The minimum Gasteiger partial charge on any atom is -0.507 e. The number of morpholine rings is 1. The number of carbonyl (C=O) groups is 2. The molecule has 1 atom stereocenters. The Balaban J connectivity index is 1.71. The van der Waals surface area contributed by atoms with E-state index in [1.165, 1.54) is 4.90 Å². The fourth-order valence-electron chi connectivity index (χ4n) is 4.08. The Hall–Kier alpha value is -2.87. The van der Waals surface area contributed by atoms with Crippen molar-refractivity contribution in [2.75, 3.05) is 46.5 Å². The third-order valence-electron chi connectivity index (χ3n) is 5.85. The summed E-state index contributed by atoms with van der Waals surface area (Å²) in [6.45, 7) is 3.83. The van der Waals surface area contributed by atoms with E-state index in [0.717, 1.165) is 13.1 Å². The van der Waals surface area contributed by atoms with E-state index in [4.69, 9.17) is 21.1 Å². The molecule has 0 radical (unpaired) electrons. The van der Waals surface area contributed by atoms with Gasteiger partial charge in [-0.2, -0.15) is 0 Å². The Morgan fingerprint density at radius 1 is 1.06 bits per heavy atom. The molecule has 1 unspecified atom stereocenters. The molecule has 2 fully saturated rings. The van der Waals surface area contributed by atoms with Crippen LogP contribution in [0.1, 0.15) is 17.2 Å². The molecule has 0 saturated carbocycles. The van der Waals surface area contributed by atoms with Gasteiger partial charge in [0.05, 0.1) is 31.9 Å². The smallest absolute Gasteiger partial charge is 0.295 e. The number of amides is 1. The molecule has 32 heavy (non-hydrogen) atoms. The van der Waals surface area contributed by atoms with Crippen molar-refractivity contribution in [3.8, 4) is 5.75 Å². The van der Waals surface area contributed by atoms with Crippen molar-refractivity contribution in [2.45, 2.75) is 6.04 Å². The number of aliphatic hydroxyl groups is 1. The van der Waals surface area contributed by atoms with E-state index < -0.39 is 17.7 Å². The molecule has 2 aromatic rings. The lowest BCUT2D eigenvalue weighted by Gasteiger charge is -2.31. The zero-order chi connectivity index (χ0) is 22.7. The number of aliphatic hydroxyl groups excluding tert-OH is 1. The Bertz CT molecular complexity index is 1010. The first kappa shape index (κ1) is 22.3. The number of halogens is 1. The molecular weight excluding hydrogens is 432 g/mol. The average Bonchev–Trinajstić information content (AvgIpc) is 3.08. The van der Waals surface area contributed by atoms with Crippen molar-refractivity contribution in [2.24, 2.45) is 0 Å². The lowest BCUT2D eigenvalue weighted by molar-refractivity contribution is -0.140. The van der Waals surface area contributed by atoms with Gasteiger partial charge in [-0.3, -0.25) is 14.5 Å². The summed E-state index contributed by atoms with van der Waals surface area (Å²) in [6, 6.07) is 13.0. The molecule has 168 valence electrons. The maximum absolute atomic E-state index is 13.1. The number of Topliss-reactive ketones (excluding diaryl/α,β-unsaturated/α-hetero) is 1. The summed E-state index contributed by atoms with van der Waals surface area (Å²) in [4.78, 5) is 29.8. The molecule has 1 amide bonds. The van der Waals surface area contributed by atoms with E-state index in [1.807, 2.05) is 0 Å². The Morgan fingerprint density at radius 3 is 2.34 bits per heavy atom. The highest BCUT2D eigenvalue weighted by Crippen LogP contribution is 2.39. The monoisotopic (exact) mass is 456 g/mol. The van der Waals surface area contributed by atoms with E-state index in [1.54, 1.807) is 55.6 Å². The Kier molecular flexibility index (Phi) is 6.79. The van der Waals surface area contributed by atoms with Gasteiger partial charge in [0.1, 0.15) is 11.5 Å². The molecule has 1 N–H and O–H groups in total. The standard InChI is InChI=1S/C24H25ClN2O5/c1-31-19-8-4-17(5-9-19)22(28)20-21(16-2-6-18(25)7-3-16)27(24(30)23(20)29)11-10-26-12-14-32-15-13-26/h2-9,21,28H,10-15H2,1H3. The maximum Gasteiger partial charge on any atom is 0.295 e. The van der Waals surface area contributed by atoms with Crippen LogP contribution in [0.5, 0.6) is 5.75 Å². The lowest BCUT2D eigenvalue weighted by atomic mass is 9.95. The number of benzene rings is 2. The molecule has 4 rings (SSSR count). The third kappa shape index (κ3) is 4.50. The largest absolute Gasteiger partial charge is 0.507 e. The molecule has 2 aliphatic rings. The van der Waals surface area contributed by atoms with Gasteiger partial charge in [0, 0.05) is 36.8 Å². The predicted molar refractivity (Wildman–Crippen MR) is 121 cm³/mol. The minimum absolute atomic E-state index is 0.0736. The van der Waals surface area contributed by atoms with Gasteiger partial charge in [-0.1, -0.05) is 23.7 Å². The second kappa shape index (κ2) is 9.73. The number of hydrogen-bond acceptors (Lipinski definition) is 6. The summed E-state index contributed by atoms with van der Waals surface area (Å²) in [5.41, 5.74) is 1.23. The van der Waals surface area contributed by atoms with Gasteiger partial charge < -0.3 is 19.5 Å². The average molecular weight is 457 g/mol. The quantitative estimate of drug-likeness (QED) is 0.409. The summed E-state index contributed by atoms with van der Waals surface area (Å²) in [5, 5.41) is 11.6. The van der Waals surface area contributed by atoms with E-state index in [9.17, 15) is 14.7 Å². The molecule has 0 bridgehead atoms. The van der Waals surface area contributed by atoms with Gasteiger partial charge in [0.25, 0.3) is 11.7 Å². The van der Waals surface area contributed by atoms with Crippen LogP contribution in [0.3, 0.4) is 0 Å². The van der Waals surface area contributed by atoms with Crippen LogP contribution >= 0.6 is 11.6 Å².